The standard InChI is InChI=1S/C16H13ClFN3O4S/c17-11-5-3-4-10(15(11)18)8-19-16(23)26-9-14(22)20-12-6-1-2-7-13(12)21(24)25/h1-7H,8-9H2,(H,19,23)(H,20,22). The molecule has 0 spiro atoms. The highest BCUT2D eigenvalue weighted by molar-refractivity contribution is 8.14. The summed E-state index contributed by atoms with van der Waals surface area (Å²) in [5.41, 5.74) is 0.0204. The number of rotatable bonds is 6. The van der Waals surface area contributed by atoms with Gasteiger partial charge in [0.05, 0.1) is 15.7 Å². The van der Waals surface area contributed by atoms with Crippen molar-refractivity contribution in [1.82, 2.24) is 5.32 Å². The van der Waals surface area contributed by atoms with Crippen molar-refractivity contribution in [2.24, 2.45) is 0 Å². The molecule has 0 aromatic heterocycles. The fourth-order valence-electron chi connectivity index (χ4n) is 1.96. The third-order valence-electron chi connectivity index (χ3n) is 3.16. The van der Waals surface area contributed by atoms with Gasteiger partial charge in [-0.05, 0) is 12.1 Å². The zero-order chi connectivity index (χ0) is 19.1. The van der Waals surface area contributed by atoms with Gasteiger partial charge in [0.15, 0.2) is 0 Å². The molecule has 0 aliphatic heterocycles. The molecule has 0 atom stereocenters. The minimum atomic E-state index is -0.617. The summed E-state index contributed by atoms with van der Waals surface area (Å²) in [5, 5.41) is 15.1. The molecule has 0 unspecified atom stereocenters. The van der Waals surface area contributed by atoms with Crippen molar-refractivity contribution in [2.45, 2.75) is 6.54 Å². The monoisotopic (exact) mass is 397 g/mol. The average molecular weight is 398 g/mol. The Kier molecular flexibility index (Phi) is 6.93. The summed E-state index contributed by atoms with van der Waals surface area (Å²) in [6.07, 6.45) is 0. The van der Waals surface area contributed by atoms with Crippen molar-refractivity contribution in [3.8, 4) is 0 Å². The van der Waals surface area contributed by atoms with Crippen molar-refractivity contribution in [3.05, 3.63) is 69.0 Å². The van der Waals surface area contributed by atoms with Crippen LogP contribution >= 0.6 is 23.4 Å². The van der Waals surface area contributed by atoms with Crippen molar-refractivity contribution < 1.29 is 18.9 Å². The number of carbonyl (C=O) groups excluding carboxylic acids is 2. The Morgan fingerprint density at radius 1 is 1.19 bits per heavy atom. The number of anilines is 1. The Balaban J connectivity index is 1.83. The second kappa shape index (κ2) is 9.16. The predicted molar refractivity (Wildman–Crippen MR) is 97.8 cm³/mol. The van der Waals surface area contributed by atoms with Crippen LogP contribution in [-0.4, -0.2) is 21.8 Å². The van der Waals surface area contributed by atoms with E-state index < -0.39 is 21.9 Å². The number of benzene rings is 2. The topological polar surface area (TPSA) is 101 Å². The fourth-order valence-corrected chi connectivity index (χ4v) is 2.66. The molecule has 0 saturated heterocycles. The normalized spacial score (nSPS) is 10.2. The van der Waals surface area contributed by atoms with Gasteiger partial charge < -0.3 is 10.6 Å². The molecular formula is C16H13ClFN3O4S. The average Bonchev–Trinajstić information content (AvgIpc) is 2.61. The van der Waals surface area contributed by atoms with E-state index >= 15 is 0 Å². The lowest BCUT2D eigenvalue weighted by molar-refractivity contribution is -0.383. The highest BCUT2D eigenvalue weighted by Crippen LogP contribution is 2.23. The van der Waals surface area contributed by atoms with Gasteiger partial charge in [-0.3, -0.25) is 19.7 Å². The first-order valence-corrected chi connectivity index (χ1v) is 8.61. The van der Waals surface area contributed by atoms with Gasteiger partial charge in [-0.1, -0.05) is 47.6 Å². The van der Waals surface area contributed by atoms with Crippen LogP contribution in [0.15, 0.2) is 42.5 Å². The number of thioether (sulfide) groups is 1. The molecule has 2 aromatic carbocycles. The number of hydrogen-bond acceptors (Lipinski definition) is 5. The summed E-state index contributed by atoms with van der Waals surface area (Å²) in [5.74, 6) is -1.45. The molecule has 2 aromatic rings. The second-order valence-corrected chi connectivity index (χ2v) is 6.32. The molecule has 136 valence electrons. The molecule has 0 aliphatic rings. The molecule has 0 saturated carbocycles. The minimum absolute atomic E-state index is 0.0458. The van der Waals surface area contributed by atoms with E-state index in [0.717, 1.165) is 0 Å². The largest absolute Gasteiger partial charge is 0.343 e. The van der Waals surface area contributed by atoms with Gasteiger partial charge in [-0.25, -0.2) is 4.39 Å². The quantitative estimate of drug-likeness (QED) is 0.567. The zero-order valence-corrected chi connectivity index (χ0v) is 14.8. The number of nitrogens with one attached hydrogen (secondary N) is 2. The fraction of sp³-hybridized carbons (Fsp3) is 0.125. The predicted octanol–water partition coefficient (Wildman–Crippen LogP) is 3.97. The van der Waals surface area contributed by atoms with Crippen LogP contribution < -0.4 is 10.6 Å². The number of nitrogens with zero attached hydrogens (tertiary/aromatic N) is 1. The van der Waals surface area contributed by atoms with E-state index in [1.54, 1.807) is 12.1 Å². The van der Waals surface area contributed by atoms with Crippen LogP contribution in [0.4, 0.5) is 20.6 Å². The third-order valence-corrected chi connectivity index (χ3v) is 4.27. The van der Waals surface area contributed by atoms with E-state index in [-0.39, 0.29) is 34.3 Å². The van der Waals surface area contributed by atoms with E-state index in [9.17, 15) is 24.1 Å². The van der Waals surface area contributed by atoms with Crippen molar-refractivity contribution in [1.29, 1.82) is 0 Å². The van der Waals surface area contributed by atoms with E-state index in [0.29, 0.717) is 11.8 Å². The molecule has 2 N–H and O–H groups in total. The molecule has 0 aliphatic carbocycles. The first kappa shape index (κ1) is 19.7. The van der Waals surface area contributed by atoms with Gasteiger partial charge in [0.25, 0.3) is 10.9 Å². The Morgan fingerprint density at radius 2 is 1.92 bits per heavy atom. The Bertz CT molecular complexity index is 850. The van der Waals surface area contributed by atoms with Crippen LogP contribution in [0, 0.1) is 15.9 Å². The van der Waals surface area contributed by atoms with Crippen molar-refractivity contribution >= 4 is 45.9 Å². The van der Waals surface area contributed by atoms with Crippen LogP contribution in [0.5, 0.6) is 0 Å². The highest BCUT2D eigenvalue weighted by atomic mass is 35.5. The summed E-state index contributed by atoms with van der Waals surface area (Å²) in [7, 11) is 0. The van der Waals surface area contributed by atoms with E-state index in [2.05, 4.69) is 10.6 Å². The summed E-state index contributed by atoms with van der Waals surface area (Å²) in [6, 6.07) is 10.1. The molecular weight excluding hydrogens is 385 g/mol. The maximum atomic E-state index is 13.7. The van der Waals surface area contributed by atoms with Gasteiger partial charge in [-0.15, -0.1) is 0 Å². The molecule has 2 rings (SSSR count). The highest BCUT2D eigenvalue weighted by Gasteiger charge is 2.16. The first-order chi connectivity index (χ1) is 12.4. The number of para-hydroxylation sites is 2. The summed E-state index contributed by atoms with van der Waals surface area (Å²) in [6.45, 7) is -0.0794. The molecule has 2 amide bonds. The van der Waals surface area contributed by atoms with Crippen LogP contribution in [0.1, 0.15) is 5.56 Å². The summed E-state index contributed by atoms with van der Waals surface area (Å²) >= 11 is 6.31. The maximum absolute atomic E-state index is 13.7. The van der Waals surface area contributed by atoms with E-state index in [1.807, 2.05) is 0 Å². The maximum Gasteiger partial charge on any atom is 0.292 e. The van der Waals surface area contributed by atoms with Gasteiger partial charge in [-0.2, -0.15) is 0 Å². The van der Waals surface area contributed by atoms with Gasteiger partial charge >= 0.3 is 0 Å². The Labute approximate surface area is 157 Å². The summed E-state index contributed by atoms with van der Waals surface area (Å²) < 4.78 is 13.7. The molecule has 26 heavy (non-hydrogen) atoms. The lowest BCUT2D eigenvalue weighted by atomic mass is 10.2. The number of carbonyl (C=O) groups is 2. The number of halogens is 2. The van der Waals surface area contributed by atoms with E-state index in [1.165, 1.54) is 30.3 Å². The third kappa shape index (κ3) is 5.43. The van der Waals surface area contributed by atoms with Crippen LogP contribution in [-0.2, 0) is 11.3 Å². The van der Waals surface area contributed by atoms with Crippen LogP contribution in [0.25, 0.3) is 0 Å². The first-order valence-electron chi connectivity index (χ1n) is 7.25. The zero-order valence-electron chi connectivity index (χ0n) is 13.2. The van der Waals surface area contributed by atoms with Crippen LogP contribution in [0.2, 0.25) is 5.02 Å². The molecule has 10 heteroatoms. The lowest BCUT2D eigenvalue weighted by Gasteiger charge is -2.07. The molecule has 0 heterocycles. The van der Waals surface area contributed by atoms with Gasteiger partial charge in [0.1, 0.15) is 11.5 Å². The number of nitro benzene ring substituents is 1. The SMILES string of the molecule is O=C(CSC(=O)NCc1cccc(Cl)c1F)Nc1ccccc1[N+](=O)[O-]. The summed E-state index contributed by atoms with van der Waals surface area (Å²) in [4.78, 5) is 33.9. The smallest absolute Gasteiger partial charge is 0.292 e. The Morgan fingerprint density at radius 3 is 2.65 bits per heavy atom. The van der Waals surface area contributed by atoms with Crippen molar-refractivity contribution in [2.75, 3.05) is 11.1 Å². The molecule has 0 radical (unpaired) electrons. The Hall–Kier alpha value is -2.65. The number of nitro groups is 1. The lowest BCUT2D eigenvalue weighted by Crippen LogP contribution is -2.22. The molecule has 0 bridgehead atoms. The van der Waals surface area contributed by atoms with E-state index in [4.69, 9.17) is 11.6 Å². The second-order valence-electron chi connectivity index (χ2n) is 4.97. The minimum Gasteiger partial charge on any atom is -0.343 e. The molecule has 0 fully saturated rings. The molecule has 7 nitrogen and oxygen atoms in total. The van der Waals surface area contributed by atoms with Crippen LogP contribution in [0.3, 0.4) is 0 Å². The van der Waals surface area contributed by atoms with Gasteiger partial charge in [0.2, 0.25) is 5.91 Å². The van der Waals surface area contributed by atoms with Gasteiger partial charge in [0, 0.05) is 18.2 Å². The number of amides is 2. The number of hydrogen-bond donors (Lipinski definition) is 2. The van der Waals surface area contributed by atoms with Crippen molar-refractivity contribution in [3.63, 3.8) is 0 Å².